The monoisotopic (exact) mass is 287 g/mol. The summed E-state index contributed by atoms with van der Waals surface area (Å²) in [6, 6.07) is 10.0. The summed E-state index contributed by atoms with van der Waals surface area (Å²) in [5.74, 6) is 0. The van der Waals surface area contributed by atoms with Crippen molar-refractivity contribution in [2.45, 2.75) is 76.0 Å². The Morgan fingerprint density at radius 2 is 1.62 bits per heavy atom. The maximum absolute atomic E-state index is 11.0. The van der Waals surface area contributed by atoms with Gasteiger partial charge in [0.1, 0.15) is 0 Å². The largest absolute Gasteiger partial charge is 0.389 e. The minimum absolute atomic E-state index is 0.197. The number of rotatable bonds is 2. The molecule has 21 heavy (non-hydrogen) atoms. The maximum Gasteiger partial charge on any atom is 0.0717 e. The van der Waals surface area contributed by atoms with Crippen LogP contribution in [0.5, 0.6) is 0 Å². The molecule has 2 nitrogen and oxygen atoms in total. The van der Waals surface area contributed by atoms with Crippen molar-refractivity contribution in [3.8, 4) is 0 Å². The lowest BCUT2D eigenvalue weighted by Crippen LogP contribution is -2.50. The first-order chi connectivity index (χ1) is 9.77. The third-order valence-corrected chi connectivity index (χ3v) is 5.57. The summed E-state index contributed by atoms with van der Waals surface area (Å²) < 4.78 is 0. The molecule has 116 valence electrons. The smallest absolute Gasteiger partial charge is 0.0717 e. The van der Waals surface area contributed by atoms with Crippen LogP contribution in [0.2, 0.25) is 0 Å². The molecule has 0 radical (unpaired) electrons. The van der Waals surface area contributed by atoms with Gasteiger partial charge in [0.2, 0.25) is 0 Å². The molecule has 2 unspecified atom stereocenters. The summed E-state index contributed by atoms with van der Waals surface area (Å²) in [5, 5.41) is 11.0. The fourth-order valence-electron chi connectivity index (χ4n) is 4.19. The van der Waals surface area contributed by atoms with Gasteiger partial charge >= 0.3 is 0 Å². The minimum Gasteiger partial charge on any atom is -0.389 e. The Bertz CT molecular complexity index is 485. The number of nitrogens with zero attached hydrogens (tertiary/aromatic N) is 1. The van der Waals surface area contributed by atoms with E-state index in [-0.39, 0.29) is 5.41 Å². The summed E-state index contributed by atoms with van der Waals surface area (Å²) >= 11 is 0. The molecule has 2 heteroatoms. The van der Waals surface area contributed by atoms with E-state index in [0.717, 1.165) is 19.3 Å². The summed E-state index contributed by atoms with van der Waals surface area (Å²) in [4.78, 5) is 2.48. The highest BCUT2D eigenvalue weighted by Crippen LogP contribution is 2.41. The number of hydrogen-bond acceptors (Lipinski definition) is 2. The van der Waals surface area contributed by atoms with E-state index in [4.69, 9.17) is 0 Å². The van der Waals surface area contributed by atoms with E-state index < -0.39 is 5.60 Å². The molecular weight excluding hydrogens is 258 g/mol. The first-order valence-corrected chi connectivity index (χ1v) is 8.31. The van der Waals surface area contributed by atoms with Gasteiger partial charge in [-0.15, -0.1) is 0 Å². The van der Waals surface area contributed by atoms with E-state index in [1.54, 1.807) is 0 Å². The van der Waals surface area contributed by atoms with Crippen molar-refractivity contribution in [3.63, 3.8) is 0 Å². The second-order valence-corrected chi connectivity index (χ2v) is 8.31. The Morgan fingerprint density at radius 1 is 1.10 bits per heavy atom. The lowest BCUT2D eigenvalue weighted by molar-refractivity contribution is -0.0437. The molecule has 0 amide bonds. The zero-order valence-corrected chi connectivity index (χ0v) is 13.9. The van der Waals surface area contributed by atoms with Crippen molar-refractivity contribution in [2.75, 3.05) is 7.05 Å². The number of fused-ring (bicyclic) bond motifs is 2. The summed E-state index contributed by atoms with van der Waals surface area (Å²) in [7, 11) is 2.22. The highest BCUT2D eigenvalue weighted by atomic mass is 16.3. The van der Waals surface area contributed by atoms with E-state index in [9.17, 15) is 5.11 Å². The molecule has 2 atom stereocenters. The van der Waals surface area contributed by atoms with Crippen LogP contribution >= 0.6 is 0 Å². The maximum atomic E-state index is 11.0. The molecule has 2 aliphatic rings. The van der Waals surface area contributed by atoms with Crippen LogP contribution in [0.4, 0.5) is 0 Å². The second-order valence-electron chi connectivity index (χ2n) is 8.31. The van der Waals surface area contributed by atoms with Crippen molar-refractivity contribution in [1.82, 2.24) is 4.90 Å². The van der Waals surface area contributed by atoms with Crippen molar-refractivity contribution in [2.24, 2.45) is 0 Å². The molecule has 1 aromatic rings. The van der Waals surface area contributed by atoms with Gasteiger partial charge in [-0.1, -0.05) is 45.0 Å². The van der Waals surface area contributed by atoms with Crippen LogP contribution in [0.3, 0.4) is 0 Å². The topological polar surface area (TPSA) is 23.5 Å². The molecule has 2 fully saturated rings. The minimum atomic E-state index is -0.498. The Morgan fingerprint density at radius 3 is 2.10 bits per heavy atom. The SMILES string of the molecule is CN1C2CCC1CC(O)(Cc1ccc(C(C)(C)C)cc1)C2. The van der Waals surface area contributed by atoms with Crippen LogP contribution in [0.15, 0.2) is 24.3 Å². The van der Waals surface area contributed by atoms with Crippen molar-refractivity contribution in [1.29, 1.82) is 0 Å². The second kappa shape index (κ2) is 5.10. The molecule has 2 aliphatic heterocycles. The van der Waals surface area contributed by atoms with Gasteiger partial charge in [-0.05, 0) is 49.3 Å². The van der Waals surface area contributed by atoms with Crippen molar-refractivity contribution in [3.05, 3.63) is 35.4 Å². The molecule has 0 saturated carbocycles. The average molecular weight is 287 g/mol. The molecule has 0 spiro atoms. The molecular formula is C19H29NO. The molecule has 2 saturated heterocycles. The summed E-state index contributed by atoms with van der Waals surface area (Å²) in [5.41, 5.74) is 2.33. The Kier molecular flexibility index (Phi) is 3.66. The Hall–Kier alpha value is -0.860. The first-order valence-electron chi connectivity index (χ1n) is 8.31. The lowest BCUT2D eigenvalue weighted by Gasteiger charge is -2.42. The lowest BCUT2D eigenvalue weighted by atomic mass is 9.80. The van der Waals surface area contributed by atoms with Crippen LogP contribution in [0.25, 0.3) is 0 Å². The zero-order valence-electron chi connectivity index (χ0n) is 13.9. The van der Waals surface area contributed by atoms with E-state index in [1.807, 2.05) is 0 Å². The highest BCUT2D eigenvalue weighted by molar-refractivity contribution is 5.28. The standard InChI is InChI=1S/C19H29NO/c1-18(2,3)15-7-5-14(6-8-15)11-19(21)12-16-9-10-17(13-19)20(16)4/h5-8,16-17,21H,9-13H2,1-4H3. The quantitative estimate of drug-likeness (QED) is 0.899. The summed E-state index contributed by atoms with van der Waals surface area (Å²) in [6.07, 6.45) is 5.18. The highest BCUT2D eigenvalue weighted by Gasteiger charge is 2.45. The molecule has 0 aliphatic carbocycles. The fourth-order valence-corrected chi connectivity index (χ4v) is 4.19. The van der Waals surface area contributed by atoms with E-state index in [2.05, 4.69) is 57.0 Å². The van der Waals surface area contributed by atoms with Crippen molar-refractivity contribution >= 4 is 0 Å². The number of aliphatic hydroxyl groups is 1. The molecule has 1 N–H and O–H groups in total. The van der Waals surface area contributed by atoms with Crippen LogP contribution in [0, 0.1) is 0 Å². The van der Waals surface area contributed by atoms with Gasteiger partial charge in [-0.2, -0.15) is 0 Å². The molecule has 2 bridgehead atoms. The van der Waals surface area contributed by atoms with Gasteiger partial charge in [0.15, 0.2) is 0 Å². The van der Waals surface area contributed by atoms with Gasteiger partial charge < -0.3 is 10.0 Å². The average Bonchev–Trinajstić information content (AvgIpc) is 2.61. The van der Waals surface area contributed by atoms with Gasteiger partial charge in [0.05, 0.1) is 5.60 Å². The Labute approximate surface area is 129 Å². The van der Waals surface area contributed by atoms with Gasteiger partial charge in [-0.3, -0.25) is 0 Å². The third-order valence-electron chi connectivity index (χ3n) is 5.57. The molecule has 2 heterocycles. The van der Waals surface area contributed by atoms with Gasteiger partial charge in [0, 0.05) is 18.5 Å². The van der Waals surface area contributed by atoms with Crippen LogP contribution in [-0.4, -0.2) is 34.7 Å². The van der Waals surface area contributed by atoms with Gasteiger partial charge in [-0.25, -0.2) is 0 Å². The van der Waals surface area contributed by atoms with E-state index in [1.165, 1.54) is 24.0 Å². The first kappa shape index (κ1) is 15.1. The molecule has 1 aromatic carbocycles. The van der Waals surface area contributed by atoms with Crippen LogP contribution in [-0.2, 0) is 11.8 Å². The number of piperidine rings is 1. The number of benzene rings is 1. The summed E-state index contributed by atoms with van der Waals surface area (Å²) in [6.45, 7) is 6.72. The Balaban J connectivity index is 1.72. The molecule has 0 aromatic heterocycles. The van der Waals surface area contributed by atoms with E-state index in [0.29, 0.717) is 12.1 Å². The van der Waals surface area contributed by atoms with Gasteiger partial charge in [0.25, 0.3) is 0 Å². The fraction of sp³-hybridized carbons (Fsp3) is 0.684. The molecule has 3 rings (SSSR count). The third kappa shape index (κ3) is 3.02. The van der Waals surface area contributed by atoms with Crippen LogP contribution < -0.4 is 0 Å². The predicted octanol–water partition coefficient (Wildman–Crippen LogP) is 3.51. The van der Waals surface area contributed by atoms with E-state index >= 15 is 0 Å². The van der Waals surface area contributed by atoms with Crippen molar-refractivity contribution < 1.29 is 5.11 Å². The zero-order chi connectivity index (χ0) is 15.3. The normalized spacial score (nSPS) is 33.4. The number of hydrogen-bond donors (Lipinski definition) is 1. The van der Waals surface area contributed by atoms with Crippen LogP contribution in [0.1, 0.15) is 57.6 Å². The predicted molar refractivity (Wildman–Crippen MR) is 87.6 cm³/mol.